The highest BCUT2D eigenvalue weighted by Gasteiger charge is 2.45. The number of likely N-dealkylation sites (tertiary alicyclic amines) is 1. The lowest BCUT2D eigenvalue weighted by Crippen LogP contribution is -2.33. The molecule has 1 aliphatic heterocycles. The Kier molecular flexibility index (Phi) is 4.79. The van der Waals surface area contributed by atoms with Crippen LogP contribution in [-0.4, -0.2) is 28.4 Å². The Balaban J connectivity index is 2.48. The third-order valence-electron chi connectivity index (χ3n) is 3.59. The first-order chi connectivity index (χ1) is 9.81. The van der Waals surface area contributed by atoms with Gasteiger partial charge in [0.1, 0.15) is 0 Å². The predicted octanol–water partition coefficient (Wildman–Crippen LogP) is 3.62. The molecule has 1 N–H and O–H groups in total. The zero-order valence-electron chi connectivity index (χ0n) is 11.8. The van der Waals surface area contributed by atoms with E-state index in [9.17, 15) is 14.7 Å². The lowest BCUT2D eigenvalue weighted by atomic mass is 9.93. The molecule has 2 rings (SSSR count). The van der Waals surface area contributed by atoms with Gasteiger partial charge in [-0.3, -0.25) is 9.59 Å². The van der Waals surface area contributed by atoms with E-state index in [2.05, 4.69) is 0 Å². The monoisotopic (exact) mass is 329 g/mol. The fourth-order valence-corrected chi connectivity index (χ4v) is 3.16. The second-order valence-electron chi connectivity index (χ2n) is 5.70. The molecule has 1 aromatic rings. The van der Waals surface area contributed by atoms with E-state index in [1.807, 2.05) is 13.8 Å². The molecule has 1 aromatic carbocycles. The molecule has 1 fully saturated rings. The number of halogens is 2. The summed E-state index contributed by atoms with van der Waals surface area (Å²) in [6, 6.07) is 4.36. The fourth-order valence-electron chi connectivity index (χ4n) is 2.75. The largest absolute Gasteiger partial charge is 0.481 e. The van der Waals surface area contributed by atoms with Crippen LogP contribution < -0.4 is 0 Å². The minimum absolute atomic E-state index is 0.00440. The Morgan fingerprint density at radius 3 is 2.67 bits per heavy atom. The van der Waals surface area contributed by atoms with Gasteiger partial charge in [0.05, 0.1) is 12.0 Å². The van der Waals surface area contributed by atoms with Gasteiger partial charge in [0, 0.05) is 23.0 Å². The van der Waals surface area contributed by atoms with E-state index in [0.717, 1.165) is 0 Å². The number of nitrogens with zero attached hydrogens (tertiary/aromatic N) is 1. The van der Waals surface area contributed by atoms with E-state index in [1.165, 1.54) is 0 Å². The van der Waals surface area contributed by atoms with Crippen LogP contribution in [0.4, 0.5) is 0 Å². The number of hydrogen-bond acceptors (Lipinski definition) is 2. The van der Waals surface area contributed by atoms with Crippen molar-refractivity contribution in [1.82, 2.24) is 4.90 Å². The number of carboxylic acids is 1. The molecule has 1 saturated heterocycles. The lowest BCUT2D eigenvalue weighted by Gasteiger charge is -2.29. The quantitative estimate of drug-likeness (QED) is 0.917. The summed E-state index contributed by atoms with van der Waals surface area (Å²) in [5.41, 5.74) is 0.600. The zero-order valence-corrected chi connectivity index (χ0v) is 13.4. The first-order valence-electron chi connectivity index (χ1n) is 6.78. The first-order valence-corrected chi connectivity index (χ1v) is 7.54. The molecule has 0 radical (unpaired) electrons. The number of benzene rings is 1. The maximum absolute atomic E-state index is 12.2. The van der Waals surface area contributed by atoms with Gasteiger partial charge in [0.15, 0.2) is 0 Å². The molecule has 1 aliphatic rings. The Morgan fingerprint density at radius 2 is 2.10 bits per heavy atom. The van der Waals surface area contributed by atoms with Gasteiger partial charge >= 0.3 is 5.97 Å². The zero-order chi connectivity index (χ0) is 15.7. The molecule has 4 nitrogen and oxygen atoms in total. The second kappa shape index (κ2) is 6.24. The average Bonchev–Trinajstić information content (AvgIpc) is 2.70. The Labute approximate surface area is 133 Å². The number of hydrogen-bond donors (Lipinski definition) is 1. The normalized spacial score (nSPS) is 22.1. The minimum Gasteiger partial charge on any atom is -0.481 e. The molecule has 1 amide bonds. The number of carboxylic acid groups (broad SMARTS) is 1. The van der Waals surface area contributed by atoms with Crippen molar-refractivity contribution >= 4 is 35.1 Å². The van der Waals surface area contributed by atoms with Gasteiger partial charge in [0.2, 0.25) is 5.91 Å². The summed E-state index contributed by atoms with van der Waals surface area (Å²) < 4.78 is 0. The molecular weight excluding hydrogens is 313 g/mol. The van der Waals surface area contributed by atoms with Crippen LogP contribution in [0.1, 0.15) is 31.9 Å². The molecule has 0 aromatic heterocycles. The second-order valence-corrected chi connectivity index (χ2v) is 6.54. The SMILES string of the molecule is CC(C)CN1C(=O)CC(C(=O)O)C1c1cc(Cl)ccc1Cl. The molecule has 2 atom stereocenters. The van der Waals surface area contributed by atoms with Crippen LogP contribution in [0.15, 0.2) is 18.2 Å². The molecule has 114 valence electrons. The maximum atomic E-state index is 12.2. The highest BCUT2D eigenvalue weighted by molar-refractivity contribution is 6.33. The molecule has 1 heterocycles. The summed E-state index contributed by atoms with van der Waals surface area (Å²) in [5, 5.41) is 10.3. The number of aliphatic carboxylic acids is 1. The van der Waals surface area contributed by atoms with Crippen LogP contribution in [-0.2, 0) is 9.59 Å². The van der Waals surface area contributed by atoms with Gasteiger partial charge in [-0.15, -0.1) is 0 Å². The van der Waals surface area contributed by atoms with Gasteiger partial charge in [-0.25, -0.2) is 0 Å². The van der Waals surface area contributed by atoms with Crippen LogP contribution in [0.3, 0.4) is 0 Å². The molecular formula is C15H17Cl2NO3. The lowest BCUT2D eigenvalue weighted by molar-refractivity contribution is -0.142. The van der Waals surface area contributed by atoms with Gasteiger partial charge in [-0.1, -0.05) is 37.0 Å². The third kappa shape index (κ3) is 3.33. The predicted molar refractivity (Wildman–Crippen MR) is 81.5 cm³/mol. The van der Waals surface area contributed by atoms with Crippen LogP contribution in [0.5, 0.6) is 0 Å². The molecule has 6 heteroatoms. The number of carbonyl (C=O) groups is 2. The van der Waals surface area contributed by atoms with Crippen LogP contribution >= 0.6 is 23.2 Å². The van der Waals surface area contributed by atoms with Crippen LogP contribution in [0, 0.1) is 11.8 Å². The minimum atomic E-state index is -0.990. The van der Waals surface area contributed by atoms with E-state index in [0.29, 0.717) is 22.2 Å². The molecule has 2 unspecified atom stereocenters. The molecule has 0 bridgehead atoms. The van der Waals surface area contributed by atoms with Crippen molar-refractivity contribution in [3.63, 3.8) is 0 Å². The van der Waals surface area contributed by atoms with Crippen molar-refractivity contribution in [3.05, 3.63) is 33.8 Å². The Bertz CT molecular complexity index is 574. The highest BCUT2D eigenvalue weighted by Crippen LogP contribution is 2.42. The number of amides is 1. The average molecular weight is 330 g/mol. The van der Waals surface area contributed by atoms with Crippen molar-refractivity contribution in [3.8, 4) is 0 Å². The summed E-state index contributed by atoms with van der Waals surface area (Å²) in [5.74, 6) is -1.71. The van der Waals surface area contributed by atoms with Crippen molar-refractivity contribution in [1.29, 1.82) is 0 Å². The fraction of sp³-hybridized carbons (Fsp3) is 0.467. The summed E-state index contributed by atoms with van der Waals surface area (Å²) in [6.45, 7) is 4.46. The number of rotatable bonds is 4. The number of carbonyl (C=O) groups excluding carboxylic acids is 1. The maximum Gasteiger partial charge on any atom is 0.309 e. The molecule has 0 saturated carbocycles. The van der Waals surface area contributed by atoms with Crippen LogP contribution in [0.2, 0.25) is 10.0 Å². The van der Waals surface area contributed by atoms with E-state index in [-0.39, 0.29) is 18.2 Å². The molecule has 0 aliphatic carbocycles. The van der Waals surface area contributed by atoms with E-state index >= 15 is 0 Å². The van der Waals surface area contributed by atoms with Gasteiger partial charge in [-0.05, 0) is 29.7 Å². The van der Waals surface area contributed by atoms with E-state index in [1.54, 1.807) is 23.1 Å². The smallest absolute Gasteiger partial charge is 0.309 e. The highest BCUT2D eigenvalue weighted by atomic mass is 35.5. The van der Waals surface area contributed by atoms with Crippen molar-refractivity contribution < 1.29 is 14.7 Å². The topological polar surface area (TPSA) is 57.6 Å². The Morgan fingerprint density at radius 1 is 1.43 bits per heavy atom. The molecule has 21 heavy (non-hydrogen) atoms. The van der Waals surface area contributed by atoms with Crippen LogP contribution in [0.25, 0.3) is 0 Å². The van der Waals surface area contributed by atoms with Gasteiger partial charge < -0.3 is 10.0 Å². The Hall–Kier alpha value is -1.26. The van der Waals surface area contributed by atoms with Crippen molar-refractivity contribution in [2.75, 3.05) is 6.54 Å². The summed E-state index contributed by atoms with van der Waals surface area (Å²) in [6.07, 6.45) is -0.00440. The van der Waals surface area contributed by atoms with Gasteiger partial charge in [-0.2, -0.15) is 0 Å². The standard InChI is InChI=1S/C15H17Cl2NO3/c1-8(2)7-18-13(19)6-11(15(20)21)14(18)10-5-9(16)3-4-12(10)17/h3-5,8,11,14H,6-7H2,1-2H3,(H,20,21). The van der Waals surface area contributed by atoms with E-state index in [4.69, 9.17) is 23.2 Å². The summed E-state index contributed by atoms with van der Waals surface area (Å²) >= 11 is 12.2. The van der Waals surface area contributed by atoms with E-state index < -0.39 is 17.9 Å². The van der Waals surface area contributed by atoms with Crippen molar-refractivity contribution in [2.45, 2.75) is 26.3 Å². The summed E-state index contributed by atoms with van der Waals surface area (Å²) in [7, 11) is 0. The first kappa shape index (κ1) is 16.1. The molecule has 0 spiro atoms. The van der Waals surface area contributed by atoms with Crippen molar-refractivity contribution in [2.24, 2.45) is 11.8 Å². The summed E-state index contributed by atoms with van der Waals surface area (Å²) in [4.78, 5) is 25.3. The third-order valence-corrected chi connectivity index (χ3v) is 4.17. The van der Waals surface area contributed by atoms with Gasteiger partial charge in [0.25, 0.3) is 0 Å².